The van der Waals surface area contributed by atoms with Crippen molar-refractivity contribution in [2.75, 3.05) is 33.4 Å². The lowest BCUT2D eigenvalue weighted by atomic mass is 9.93. The van der Waals surface area contributed by atoms with Crippen LogP contribution in [-0.4, -0.2) is 55.9 Å². The van der Waals surface area contributed by atoms with Crippen LogP contribution in [0, 0.1) is 5.92 Å². The molecule has 2 atom stereocenters. The van der Waals surface area contributed by atoms with Gasteiger partial charge >= 0.3 is 5.97 Å². The molecule has 0 aromatic carbocycles. The summed E-state index contributed by atoms with van der Waals surface area (Å²) in [5, 5.41) is 0. The molecule has 2 fully saturated rings. The third kappa shape index (κ3) is 2.84. The van der Waals surface area contributed by atoms with Gasteiger partial charge in [-0.2, -0.15) is 0 Å². The summed E-state index contributed by atoms with van der Waals surface area (Å²) in [6, 6.07) is 0. The van der Waals surface area contributed by atoms with Crippen LogP contribution in [0.2, 0.25) is 0 Å². The number of hydrogen-bond acceptors (Lipinski definition) is 5. The summed E-state index contributed by atoms with van der Waals surface area (Å²) in [7, 11) is 1.42. The Morgan fingerprint density at radius 3 is 2.83 bits per heavy atom. The zero-order chi connectivity index (χ0) is 13.2. The summed E-state index contributed by atoms with van der Waals surface area (Å²) in [6.45, 7) is 5.13. The van der Waals surface area contributed by atoms with Crippen LogP contribution in [0.3, 0.4) is 0 Å². The molecule has 1 aliphatic heterocycles. The molecule has 1 saturated heterocycles. The van der Waals surface area contributed by atoms with Crippen LogP contribution < -0.4 is 5.73 Å². The van der Waals surface area contributed by atoms with Gasteiger partial charge in [0.05, 0.1) is 19.8 Å². The van der Waals surface area contributed by atoms with Gasteiger partial charge in [0.1, 0.15) is 5.54 Å². The lowest BCUT2D eigenvalue weighted by Gasteiger charge is -2.38. The van der Waals surface area contributed by atoms with Crippen LogP contribution in [0.25, 0.3) is 0 Å². The van der Waals surface area contributed by atoms with Gasteiger partial charge in [-0.15, -0.1) is 0 Å². The summed E-state index contributed by atoms with van der Waals surface area (Å²) in [4.78, 5) is 14.2. The van der Waals surface area contributed by atoms with Crippen LogP contribution in [0.15, 0.2) is 0 Å². The van der Waals surface area contributed by atoms with Crippen molar-refractivity contribution in [1.29, 1.82) is 0 Å². The lowest BCUT2D eigenvalue weighted by molar-refractivity contribution is -0.149. The van der Waals surface area contributed by atoms with E-state index in [2.05, 4.69) is 11.8 Å². The molecule has 2 rings (SSSR count). The highest BCUT2D eigenvalue weighted by atomic mass is 16.5. The highest BCUT2D eigenvalue weighted by molar-refractivity contribution is 5.81. The molecule has 1 saturated carbocycles. The third-order valence-corrected chi connectivity index (χ3v) is 4.03. The maximum Gasteiger partial charge on any atom is 0.327 e. The molecule has 0 amide bonds. The molecule has 1 heterocycles. The fourth-order valence-corrected chi connectivity index (χ4v) is 2.69. The Balaban J connectivity index is 1.98. The summed E-state index contributed by atoms with van der Waals surface area (Å²) in [5.74, 6) is 0.0115. The number of nitrogens with zero attached hydrogens (tertiary/aromatic N) is 1. The first-order chi connectivity index (χ1) is 8.60. The Hall–Kier alpha value is -0.650. The highest BCUT2D eigenvalue weighted by Gasteiger charge is 2.50. The van der Waals surface area contributed by atoms with Gasteiger partial charge in [0.25, 0.3) is 0 Å². The molecule has 5 heteroatoms. The van der Waals surface area contributed by atoms with Gasteiger partial charge < -0.3 is 15.2 Å². The molecule has 0 spiro atoms. The average molecular weight is 256 g/mol. The first-order valence-electron chi connectivity index (χ1n) is 6.81. The number of morpholine rings is 1. The minimum atomic E-state index is -0.829. The van der Waals surface area contributed by atoms with Gasteiger partial charge in [-0.25, -0.2) is 0 Å². The van der Waals surface area contributed by atoms with E-state index in [1.807, 2.05) is 0 Å². The molecule has 2 aliphatic rings. The van der Waals surface area contributed by atoms with Crippen molar-refractivity contribution in [2.45, 2.75) is 37.8 Å². The van der Waals surface area contributed by atoms with Crippen molar-refractivity contribution in [2.24, 2.45) is 11.7 Å². The van der Waals surface area contributed by atoms with Crippen molar-refractivity contribution in [3.05, 3.63) is 0 Å². The molecule has 1 aliphatic carbocycles. The summed E-state index contributed by atoms with van der Waals surface area (Å²) < 4.78 is 10.5. The first-order valence-corrected chi connectivity index (χ1v) is 6.81. The number of nitrogens with two attached hydrogens (primary N) is 1. The number of esters is 1. The van der Waals surface area contributed by atoms with Crippen LogP contribution in [-0.2, 0) is 14.3 Å². The second kappa shape index (κ2) is 5.55. The normalized spacial score (nSPS) is 28.7. The maximum absolute atomic E-state index is 11.9. The molecule has 2 unspecified atom stereocenters. The second-order valence-corrected chi connectivity index (χ2v) is 5.44. The van der Waals surface area contributed by atoms with Crippen molar-refractivity contribution in [3.63, 3.8) is 0 Å². The van der Waals surface area contributed by atoms with E-state index in [9.17, 15) is 4.79 Å². The fraction of sp³-hybridized carbons (Fsp3) is 0.923. The largest absolute Gasteiger partial charge is 0.468 e. The molecular formula is C13H24N2O3. The van der Waals surface area contributed by atoms with Gasteiger partial charge in [0.2, 0.25) is 0 Å². The molecule has 2 N–H and O–H groups in total. The molecule has 0 aromatic rings. The molecule has 18 heavy (non-hydrogen) atoms. The maximum atomic E-state index is 11.9. The van der Waals surface area contributed by atoms with Crippen molar-refractivity contribution < 1.29 is 14.3 Å². The van der Waals surface area contributed by atoms with Crippen LogP contribution in [0.1, 0.15) is 26.2 Å². The van der Waals surface area contributed by atoms with E-state index < -0.39 is 5.54 Å². The molecular weight excluding hydrogens is 232 g/mol. The molecule has 0 radical (unpaired) electrons. The number of carbonyl (C=O) groups excluding carboxylic acids is 1. The predicted molar refractivity (Wildman–Crippen MR) is 68.1 cm³/mol. The van der Waals surface area contributed by atoms with Crippen LogP contribution in [0.5, 0.6) is 0 Å². The van der Waals surface area contributed by atoms with Gasteiger partial charge in [-0.1, -0.05) is 6.92 Å². The number of methoxy groups -OCH3 is 1. The molecule has 104 valence electrons. The van der Waals surface area contributed by atoms with Gasteiger partial charge in [-0.05, 0) is 25.2 Å². The van der Waals surface area contributed by atoms with E-state index in [1.165, 1.54) is 7.11 Å². The van der Waals surface area contributed by atoms with Gasteiger partial charge in [-0.3, -0.25) is 9.69 Å². The summed E-state index contributed by atoms with van der Waals surface area (Å²) >= 11 is 0. The first kappa shape index (κ1) is 13.8. The minimum absolute atomic E-state index is 0.264. The van der Waals surface area contributed by atoms with Crippen LogP contribution in [0.4, 0.5) is 0 Å². The number of carbonyl (C=O) groups is 1. The van der Waals surface area contributed by atoms with Gasteiger partial charge in [0, 0.05) is 19.6 Å². The second-order valence-electron chi connectivity index (χ2n) is 5.44. The number of rotatable bonds is 5. The standard InChI is InChI=1S/C13H24N2O3/c1-3-11-8-15(6-7-18-11)9-13(14,10-4-5-10)12(16)17-2/h10-11H,3-9,14H2,1-2H3. The number of hydrogen-bond donors (Lipinski definition) is 1. The smallest absolute Gasteiger partial charge is 0.327 e. The van der Waals surface area contributed by atoms with Gasteiger partial charge in [0.15, 0.2) is 0 Å². The summed E-state index contributed by atoms with van der Waals surface area (Å²) in [6.07, 6.45) is 3.33. The molecule has 0 aromatic heterocycles. The average Bonchev–Trinajstić information content (AvgIpc) is 3.22. The van der Waals surface area contributed by atoms with Crippen molar-refractivity contribution in [1.82, 2.24) is 4.90 Å². The van der Waals surface area contributed by atoms with Crippen molar-refractivity contribution in [3.8, 4) is 0 Å². The Morgan fingerprint density at radius 2 is 2.28 bits per heavy atom. The van der Waals surface area contributed by atoms with E-state index in [0.717, 1.165) is 39.0 Å². The lowest BCUT2D eigenvalue weighted by Crippen LogP contribution is -2.60. The highest BCUT2D eigenvalue weighted by Crippen LogP contribution is 2.39. The zero-order valence-corrected chi connectivity index (χ0v) is 11.4. The SMILES string of the molecule is CCC1CN(CC(N)(C(=O)OC)C2CC2)CCO1. The van der Waals surface area contributed by atoms with E-state index in [4.69, 9.17) is 15.2 Å². The third-order valence-electron chi connectivity index (χ3n) is 4.03. The Labute approximate surface area is 109 Å². The van der Waals surface area contributed by atoms with E-state index in [0.29, 0.717) is 6.54 Å². The molecule has 5 nitrogen and oxygen atoms in total. The monoisotopic (exact) mass is 256 g/mol. The van der Waals surface area contributed by atoms with E-state index >= 15 is 0 Å². The van der Waals surface area contributed by atoms with E-state index in [1.54, 1.807) is 0 Å². The summed E-state index contributed by atoms with van der Waals surface area (Å²) in [5.41, 5.74) is 5.49. The topological polar surface area (TPSA) is 64.8 Å². The molecule has 0 bridgehead atoms. The fourth-order valence-electron chi connectivity index (χ4n) is 2.69. The van der Waals surface area contributed by atoms with Crippen LogP contribution >= 0.6 is 0 Å². The Kier molecular flexibility index (Phi) is 4.25. The Morgan fingerprint density at radius 1 is 1.56 bits per heavy atom. The van der Waals surface area contributed by atoms with E-state index in [-0.39, 0.29) is 18.0 Å². The van der Waals surface area contributed by atoms with Crippen molar-refractivity contribution >= 4 is 5.97 Å². The quantitative estimate of drug-likeness (QED) is 0.720. The minimum Gasteiger partial charge on any atom is -0.468 e. The predicted octanol–water partition coefficient (Wildman–Crippen LogP) is 0.378. The zero-order valence-electron chi connectivity index (χ0n) is 11.4. The Bertz CT molecular complexity index is 307. The number of ether oxygens (including phenoxy) is 2.